The molecule has 0 aromatic rings. The van der Waals surface area contributed by atoms with Gasteiger partial charge < -0.3 is 9.38 Å². The Labute approximate surface area is 93.8 Å². The summed E-state index contributed by atoms with van der Waals surface area (Å²) in [7, 11) is 12.5. The molecular weight excluding hydrogens is 172 g/mol. The van der Waals surface area contributed by atoms with Crippen LogP contribution in [0.4, 0.5) is 0 Å². The molecule has 0 aliphatic rings. The van der Waals surface area contributed by atoms with E-state index in [1.54, 1.807) is 0 Å². The Morgan fingerprint density at radius 2 is 1.07 bits per heavy atom. The van der Waals surface area contributed by atoms with Gasteiger partial charge in [-0.3, -0.25) is 0 Å². The Bertz CT molecular complexity index is 70.1. The Hall–Kier alpha value is -0.430. The van der Waals surface area contributed by atoms with Gasteiger partial charge in [-0.25, -0.2) is 0 Å². The van der Waals surface area contributed by atoms with Gasteiger partial charge in [0.05, 0.1) is 27.7 Å². The van der Waals surface area contributed by atoms with Crippen molar-refractivity contribution < 1.29 is 4.48 Å². The topological polar surface area (TPSA) is 3.24 Å². The van der Waals surface area contributed by atoms with Crippen LogP contribution in [0.1, 0.15) is 21.8 Å². The summed E-state index contributed by atoms with van der Waals surface area (Å²) in [5.41, 5.74) is 0. The quantitative estimate of drug-likeness (QED) is 0.471. The molecule has 0 saturated carbocycles. The molecule has 0 spiro atoms. The van der Waals surface area contributed by atoms with Crippen LogP contribution in [0, 0.1) is 6.58 Å². The summed E-state index contributed by atoms with van der Waals surface area (Å²) >= 11 is 0. The summed E-state index contributed by atoms with van der Waals surface area (Å²) in [6.07, 6.45) is 0. The van der Waals surface area contributed by atoms with Crippen molar-refractivity contribution in [1.29, 1.82) is 0 Å². The molecule has 0 amide bonds. The molecule has 14 heavy (non-hydrogen) atoms. The SMILES string of the molecule is C.C.CC[N+](C)(C)C.CN(C)C.[CH+]=C. The van der Waals surface area contributed by atoms with E-state index < -0.39 is 0 Å². The highest BCUT2D eigenvalue weighted by molar-refractivity contribution is 4.10. The van der Waals surface area contributed by atoms with Crippen LogP contribution in [0.3, 0.4) is 0 Å². The van der Waals surface area contributed by atoms with Gasteiger partial charge in [-0.1, -0.05) is 14.9 Å². The van der Waals surface area contributed by atoms with Gasteiger partial charge in [-0.2, -0.15) is 0 Å². The highest BCUT2D eigenvalue weighted by Crippen LogP contribution is 1.83. The predicted octanol–water partition coefficient (Wildman–Crippen LogP) is 2.77. The molecule has 0 heterocycles. The van der Waals surface area contributed by atoms with Gasteiger partial charge in [0.15, 0.2) is 6.58 Å². The van der Waals surface area contributed by atoms with Gasteiger partial charge in [0.25, 0.3) is 0 Å². The smallest absolute Gasteiger partial charge is 0.198 e. The number of hydrogen-bond donors (Lipinski definition) is 0. The van der Waals surface area contributed by atoms with Crippen molar-refractivity contribution in [3.8, 4) is 0 Å². The highest BCUT2D eigenvalue weighted by atomic mass is 15.3. The van der Waals surface area contributed by atoms with Crippen molar-refractivity contribution in [2.75, 3.05) is 48.8 Å². The van der Waals surface area contributed by atoms with Crippen molar-refractivity contribution in [2.24, 2.45) is 0 Å². The predicted molar refractivity (Wildman–Crippen MR) is 71.6 cm³/mol. The van der Waals surface area contributed by atoms with E-state index in [0.29, 0.717) is 0 Å². The van der Waals surface area contributed by atoms with Crippen LogP contribution in [0.2, 0.25) is 0 Å². The van der Waals surface area contributed by atoms with Crippen molar-refractivity contribution in [3.63, 3.8) is 0 Å². The number of nitrogens with zero attached hydrogens (tertiary/aromatic N) is 2. The third-order valence-electron chi connectivity index (χ3n) is 0.949. The standard InChI is InChI=1S/C5H14N.C3H9N.C2H3.2CH4/c1-5-6(2,3)4;1-4(2)3;1-2;;/h5H2,1-4H3;1-3H3;1H,2H2;2*1H4/q+1;;+1;;. The average Bonchev–Trinajstić information content (AvgIpc) is 1.90. The van der Waals surface area contributed by atoms with E-state index in [1.165, 1.54) is 6.54 Å². The second-order valence-electron chi connectivity index (χ2n) is 3.95. The normalized spacial score (nSPS) is 7.93. The summed E-state index contributed by atoms with van der Waals surface area (Å²) in [6.45, 7) is 10.4. The van der Waals surface area contributed by atoms with Crippen molar-refractivity contribution in [1.82, 2.24) is 4.90 Å². The molecule has 0 aromatic carbocycles. The van der Waals surface area contributed by atoms with Crippen LogP contribution < -0.4 is 0 Å². The Kier molecular flexibility index (Phi) is 38.3. The Morgan fingerprint density at radius 3 is 1.07 bits per heavy atom. The van der Waals surface area contributed by atoms with E-state index in [9.17, 15) is 0 Å². The molecule has 0 rings (SSSR count). The fraction of sp³-hybridized carbons (Fsp3) is 0.833. The van der Waals surface area contributed by atoms with Gasteiger partial charge in [0.1, 0.15) is 6.58 Å². The summed E-state index contributed by atoms with van der Waals surface area (Å²) in [5, 5.41) is 0. The lowest BCUT2D eigenvalue weighted by molar-refractivity contribution is -0.868. The van der Waals surface area contributed by atoms with E-state index in [-0.39, 0.29) is 14.9 Å². The first-order chi connectivity index (χ1) is 5.29. The first-order valence-corrected chi connectivity index (χ1v) is 4.11. The van der Waals surface area contributed by atoms with Crippen molar-refractivity contribution >= 4 is 0 Å². The molecule has 0 N–H and O–H groups in total. The summed E-state index contributed by atoms with van der Waals surface area (Å²) < 4.78 is 1.07. The zero-order chi connectivity index (χ0) is 10.8. The maximum absolute atomic E-state index is 4.25. The van der Waals surface area contributed by atoms with E-state index in [2.05, 4.69) is 41.2 Å². The second kappa shape index (κ2) is 18.4. The molecule has 0 radical (unpaired) electrons. The Balaban J connectivity index is -0.0000000302. The fourth-order valence-corrected chi connectivity index (χ4v) is 0. The number of quaternary nitrogens is 1. The summed E-state index contributed by atoms with van der Waals surface area (Å²) in [4.78, 5) is 2.00. The minimum absolute atomic E-state index is 0. The lowest BCUT2D eigenvalue weighted by atomic mass is 10.6. The van der Waals surface area contributed by atoms with Gasteiger partial charge in [-0.15, -0.1) is 0 Å². The minimum Gasteiger partial charge on any atom is -0.331 e. The molecule has 0 unspecified atom stereocenters. The first-order valence-electron chi connectivity index (χ1n) is 4.11. The van der Waals surface area contributed by atoms with Crippen LogP contribution in [0.25, 0.3) is 0 Å². The van der Waals surface area contributed by atoms with E-state index in [1.807, 2.05) is 26.0 Å². The van der Waals surface area contributed by atoms with Gasteiger partial charge in [0.2, 0.25) is 0 Å². The van der Waals surface area contributed by atoms with Crippen LogP contribution >= 0.6 is 0 Å². The van der Waals surface area contributed by atoms with Gasteiger partial charge in [0, 0.05) is 0 Å². The van der Waals surface area contributed by atoms with Gasteiger partial charge in [-0.05, 0) is 28.1 Å². The molecule has 0 aliphatic carbocycles. The summed E-state index contributed by atoms with van der Waals surface area (Å²) in [5.74, 6) is 0. The molecule has 0 saturated heterocycles. The second-order valence-corrected chi connectivity index (χ2v) is 3.95. The van der Waals surface area contributed by atoms with Crippen molar-refractivity contribution in [2.45, 2.75) is 21.8 Å². The highest BCUT2D eigenvalue weighted by Gasteiger charge is 1.97. The fourth-order valence-electron chi connectivity index (χ4n) is 0. The first kappa shape index (κ1) is 29.2. The molecule has 0 aromatic heterocycles. The van der Waals surface area contributed by atoms with Crippen LogP contribution in [0.5, 0.6) is 0 Å². The maximum atomic E-state index is 4.25. The van der Waals surface area contributed by atoms with Crippen LogP contribution in [-0.4, -0.2) is 58.2 Å². The van der Waals surface area contributed by atoms with E-state index in [0.717, 1.165) is 4.48 Å². The number of rotatable bonds is 1. The molecule has 90 valence electrons. The molecule has 0 aliphatic heterocycles. The van der Waals surface area contributed by atoms with Crippen molar-refractivity contribution in [3.05, 3.63) is 13.2 Å². The number of hydrogen-bond acceptors (Lipinski definition) is 1. The minimum atomic E-state index is 0. The lowest BCUT2D eigenvalue weighted by Crippen LogP contribution is -2.33. The molecular formula is C12H34N2+2. The molecule has 0 fully saturated rings. The molecule has 0 atom stereocenters. The zero-order valence-corrected chi connectivity index (χ0v) is 9.89. The third kappa shape index (κ3) is 196. The maximum Gasteiger partial charge on any atom is 0.198 e. The monoisotopic (exact) mass is 206 g/mol. The van der Waals surface area contributed by atoms with E-state index >= 15 is 0 Å². The molecule has 0 bridgehead atoms. The average molecular weight is 206 g/mol. The van der Waals surface area contributed by atoms with Gasteiger partial charge >= 0.3 is 0 Å². The van der Waals surface area contributed by atoms with Crippen LogP contribution in [0.15, 0.2) is 6.58 Å². The third-order valence-corrected chi connectivity index (χ3v) is 0.949. The molecule has 2 heteroatoms. The Morgan fingerprint density at radius 1 is 1.00 bits per heavy atom. The lowest BCUT2D eigenvalue weighted by Gasteiger charge is -2.20. The molecule has 2 nitrogen and oxygen atoms in total. The van der Waals surface area contributed by atoms with E-state index in [4.69, 9.17) is 0 Å². The summed E-state index contributed by atoms with van der Waals surface area (Å²) in [6, 6.07) is 0. The largest absolute Gasteiger partial charge is 0.331 e. The zero-order valence-electron chi connectivity index (χ0n) is 9.89. The van der Waals surface area contributed by atoms with Crippen LogP contribution in [-0.2, 0) is 0 Å².